The van der Waals surface area contributed by atoms with Gasteiger partial charge < -0.3 is 29.2 Å². The Morgan fingerprint density at radius 1 is 0.731 bits per heavy atom. The van der Waals surface area contributed by atoms with Crippen molar-refractivity contribution >= 4 is 0 Å². The van der Waals surface area contributed by atoms with Gasteiger partial charge in [0.15, 0.2) is 12.6 Å². The molecule has 0 amide bonds. The fourth-order valence-corrected chi connectivity index (χ4v) is 2.62. The number of rotatable bonds is 3. The van der Waals surface area contributed by atoms with Gasteiger partial charge in [0.25, 0.3) is 0 Å². The zero-order valence-corrected chi connectivity index (χ0v) is 14.4. The van der Waals surface area contributed by atoms with Crippen LogP contribution in [0.4, 0.5) is 0 Å². The van der Waals surface area contributed by atoms with Gasteiger partial charge in [0.2, 0.25) is 0 Å². The summed E-state index contributed by atoms with van der Waals surface area (Å²) in [5.74, 6) is 0. The van der Waals surface area contributed by atoms with Crippen molar-refractivity contribution in [2.24, 2.45) is 0 Å². The van der Waals surface area contributed by atoms with Gasteiger partial charge in [-0.05, 0) is 0 Å². The highest BCUT2D eigenvalue weighted by Gasteiger charge is 2.26. The molecule has 2 aliphatic rings. The van der Waals surface area contributed by atoms with E-state index in [4.69, 9.17) is 29.2 Å². The molecule has 4 rings (SSSR count). The lowest BCUT2D eigenvalue weighted by Gasteiger charge is -2.26. The Labute approximate surface area is 152 Å². The van der Waals surface area contributed by atoms with Gasteiger partial charge in [-0.1, -0.05) is 60.7 Å². The second-order valence-electron chi connectivity index (χ2n) is 6.08. The Balaban J connectivity index is 0.000000151. The average Bonchev–Trinajstić information content (AvgIpc) is 3.20. The van der Waals surface area contributed by atoms with E-state index in [1.54, 1.807) is 0 Å². The van der Waals surface area contributed by atoms with Crippen molar-refractivity contribution in [3.63, 3.8) is 0 Å². The maximum absolute atomic E-state index is 9.12. The van der Waals surface area contributed by atoms with E-state index >= 15 is 0 Å². The molecule has 140 valence electrons. The second kappa shape index (κ2) is 9.78. The Kier molecular flexibility index (Phi) is 7.13. The van der Waals surface area contributed by atoms with Crippen LogP contribution < -0.4 is 0 Å². The van der Waals surface area contributed by atoms with E-state index in [-0.39, 0.29) is 25.3 Å². The normalized spacial score (nSPS) is 28.2. The van der Waals surface area contributed by atoms with Crippen LogP contribution >= 0.6 is 0 Å². The molecule has 2 aromatic carbocycles. The van der Waals surface area contributed by atoms with Crippen molar-refractivity contribution in [2.75, 3.05) is 26.4 Å². The van der Waals surface area contributed by atoms with Gasteiger partial charge >= 0.3 is 0 Å². The first-order valence-electron chi connectivity index (χ1n) is 8.65. The van der Waals surface area contributed by atoms with Crippen LogP contribution in [0.1, 0.15) is 23.7 Å². The Morgan fingerprint density at radius 3 is 1.73 bits per heavy atom. The third-order valence-electron chi connectivity index (χ3n) is 3.98. The molecule has 2 heterocycles. The Morgan fingerprint density at radius 2 is 1.23 bits per heavy atom. The van der Waals surface area contributed by atoms with Crippen LogP contribution in [0.5, 0.6) is 0 Å². The van der Waals surface area contributed by atoms with Gasteiger partial charge in [-0.3, -0.25) is 0 Å². The monoisotopic (exact) mass is 360 g/mol. The molecule has 2 fully saturated rings. The van der Waals surface area contributed by atoms with Gasteiger partial charge in [0.1, 0.15) is 12.2 Å². The maximum Gasteiger partial charge on any atom is 0.184 e. The van der Waals surface area contributed by atoms with E-state index < -0.39 is 6.10 Å². The third kappa shape index (κ3) is 5.35. The van der Waals surface area contributed by atoms with E-state index in [9.17, 15) is 0 Å². The molecule has 2 aromatic rings. The van der Waals surface area contributed by atoms with Crippen LogP contribution in [0.3, 0.4) is 0 Å². The fraction of sp³-hybridized carbons (Fsp3) is 0.400. The molecule has 0 radical (unpaired) electrons. The highest BCUT2D eigenvalue weighted by molar-refractivity contribution is 5.17. The Hall–Kier alpha value is -1.80. The summed E-state index contributed by atoms with van der Waals surface area (Å²) in [5, 5.41) is 17.9. The predicted octanol–water partition coefficient (Wildman–Crippen LogP) is 2.19. The lowest BCUT2D eigenvalue weighted by Crippen LogP contribution is -2.30. The van der Waals surface area contributed by atoms with Crippen molar-refractivity contribution in [1.29, 1.82) is 0 Å². The first-order chi connectivity index (χ1) is 12.8. The molecular weight excluding hydrogens is 336 g/mol. The van der Waals surface area contributed by atoms with Gasteiger partial charge in [0.05, 0.1) is 26.4 Å². The van der Waals surface area contributed by atoms with Crippen molar-refractivity contribution in [3.8, 4) is 0 Å². The summed E-state index contributed by atoms with van der Waals surface area (Å²) in [4.78, 5) is 0. The minimum atomic E-state index is -0.486. The standard InChI is InChI=1S/2C10H12O3/c11-9-6-12-10(13-7-9)8-4-2-1-3-5-8;11-6-9-7-12-10(13-9)8-4-2-1-3-5-8/h2*1-5,9-11H,6-7H2. The summed E-state index contributed by atoms with van der Waals surface area (Å²) in [6.07, 6.45) is -1.28. The number of benzene rings is 2. The zero-order chi connectivity index (χ0) is 18.2. The molecule has 6 nitrogen and oxygen atoms in total. The predicted molar refractivity (Wildman–Crippen MR) is 94.2 cm³/mol. The molecule has 0 aromatic heterocycles. The first-order valence-corrected chi connectivity index (χ1v) is 8.65. The molecule has 26 heavy (non-hydrogen) atoms. The number of aliphatic hydroxyl groups is 2. The average molecular weight is 360 g/mol. The maximum atomic E-state index is 9.12. The van der Waals surface area contributed by atoms with Crippen LogP contribution in [-0.2, 0) is 18.9 Å². The molecule has 0 spiro atoms. The van der Waals surface area contributed by atoms with Crippen LogP contribution in [0.25, 0.3) is 0 Å². The lowest BCUT2D eigenvalue weighted by molar-refractivity contribution is -0.220. The van der Waals surface area contributed by atoms with Crippen molar-refractivity contribution in [1.82, 2.24) is 0 Å². The van der Waals surface area contributed by atoms with E-state index in [0.29, 0.717) is 19.8 Å². The van der Waals surface area contributed by atoms with E-state index in [1.807, 2.05) is 60.7 Å². The quantitative estimate of drug-likeness (QED) is 0.874. The smallest absolute Gasteiger partial charge is 0.184 e. The summed E-state index contributed by atoms with van der Waals surface area (Å²) >= 11 is 0. The number of ether oxygens (including phenoxy) is 4. The Bertz CT molecular complexity index is 590. The largest absolute Gasteiger partial charge is 0.394 e. The van der Waals surface area contributed by atoms with Gasteiger partial charge in [-0.25, -0.2) is 0 Å². The van der Waals surface area contributed by atoms with E-state index in [1.165, 1.54) is 0 Å². The van der Waals surface area contributed by atoms with Crippen LogP contribution in [-0.4, -0.2) is 48.8 Å². The molecule has 2 unspecified atom stereocenters. The topological polar surface area (TPSA) is 77.4 Å². The SMILES string of the molecule is OC1COC(c2ccccc2)OC1.OCC1COC(c2ccccc2)O1. The molecular formula is C20H24O6. The molecule has 0 aliphatic carbocycles. The lowest BCUT2D eigenvalue weighted by atomic mass is 10.2. The van der Waals surface area contributed by atoms with Gasteiger partial charge in [-0.15, -0.1) is 0 Å². The third-order valence-corrected chi connectivity index (χ3v) is 3.98. The minimum Gasteiger partial charge on any atom is -0.394 e. The second-order valence-corrected chi connectivity index (χ2v) is 6.08. The van der Waals surface area contributed by atoms with Crippen LogP contribution in [0.15, 0.2) is 60.7 Å². The van der Waals surface area contributed by atoms with Gasteiger partial charge in [-0.2, -0.15) is 0 Å². The fourth-order valence-electron chi connectivity index (χ4n) is 2.62. The highest BCUT2D eigenvalue weighted by Crippen LogP contribution is 2.26. The molecule has 0 bridgehead atoms. The summed E-state index contributed by atoms with van der Waals surface area (Å²) in [6, 6.07) is 19.4. The summed E-state index contributed by atoms with van der Waals surface area (Å²) in [7, 11) is 0. The number of aliphatic hydroxyl groups excluding tert-OH is 2. The van der Waals surface area contributed by atoms with Crippen LogP contribution in [0, 0.1) is 0 Å². The minimum absolute atomic E-state index is 0.0172. The highest BCUT2D eigenvalue weighted by atomic mass is 16.7. The van der Waals surface area contributed by atoms with E-state index in [2.05, 4.69) is 0 Å². The summed E-state index contributed by atoms with van der Waals surface area (Å²) in [6.45, 7) is 1.18. The molecule has 2 saturated heterocycles. The van der Waals surface area contributed by atoms with Crippen molar-refractivity contribution < 1.29 is 29.2 Å². The molecule has 2 N–H and O–H groups in total. The summed E-state index contributed by atoms with van der Waals surface area (Å²) in [5.41, 5.74) is 1.99. The molecule has 2 atom stereocenters. The number of hydrogen-bond donors (Lipinski definition) is 2. The van der Waals surface area contributed by atoms with Crippen LogP contribution in [0.2, 0.25) is 0 Å². The molecule has 6 heteroatoms. The van der Waals surface area contributed by atoms with Crippen molar-refractivity contribution in [2.45, 2.75) is 24.8 Å². The zero-order valence-electron chi connectivity index (χ0n) is 14.4. The first kappa shape index (κ1) is 19.0. The van der Waals surface area contributed by atoms with E-state index in [0.717, 1.165) is 11.1 Å². The molecule has 2 aliphatic heterocycles. The number of hydrogen-bond acceptors (Lipinski definition) is 6. The molecule has 0 saturated carbocycles. The summed E-state index contributed by atoms with van der Waals surface area (Å²) < 4.78 is 21.4. The van der Waals surface area contributed by atoms with Crippen molar-refractivity contribution in [3.05, 3.63) is 71.8 Å². The van der Waals surface area contributed by atoms with Gasteiger partial charge in [0, 0.05) is 11.1 Å².